The molecule has 0 saturated carbocycles. The summed E-state index contributed by atoms with van der Waals surface area (Å²) in [5.41, 5.74) is 3.35. The number of carbonyl (C=O) groups is 1. The van der Waals surface area contributed by atoms with E-state index >= 15 is 0 Å². The van der Waals surface area contributed by atoms with E-state index in [0.29, 0.717) is 17.0 Å². The third-order valence-electron chi connectivity index (χ3n) is 5.03. The molecular formula is C19H22N2O3. The van der Waals surface area contributed by atoms with Crippen LogP contribution in [0.25, 0.3) is 11.1 Å². The summed E-state index contributed by atoms with van der Waals surface area (Å²) in [6, 6.07) is 5.47. The fourth-order valence-electron chi connectivity index (χ4n) is 3.71. The summed E-state index contributed by atoms with van der Waals surface area (Å²) < 4.78 is 11.6. The van der Waals surface area contributed by atoms with E-state index in [9.17, 15) is 4.79 Å². The minimum absolute atomic E-state index is 0.0531. The Morgan fingerprint density at radius 1 is 1.25 bits per heavy atom. The minimum atomic E-state index is -0.162. The number of oxazole rings is 1. The van der Waals surface area contributed by atoms with Gasteiger partial charge in [-0.05, 0) is 44.4 Å². The van der Waals surface area contributed by atoms with Crippen molar-refractivity contribution in [1.82, 2.24) is 9.88 Å². The van der Waals surface area contributed by atoms with Gasteiger partial charge in [0, 0.05) is 25.6 Å². The molecule has 1 saturated heterocycles. The standard InChI is InChI=1S/C19H22N2O3/c1-13-5-10-23-19(12-13)6-8-21(9-7-19)18(22)15-3-4-16-17(11-15)24-14(2)20-16/h3-4,11-12H,5-10H2,1-2H3. The van der Waals surface area contributed by atoms with E-state index in [1.807, 2.05) is 24.0 Å². The average Bonchev–Trinajstić information content (AvgIpc) is 2.94. The molecule has 1 fully saturated rings. The fourth-order valence-corrected chi connectivity index (χ4v) is 3.71. The second-order valence-corrected chi connectivity index (χ2v) is 6.86. The molecule has 1 aromatic carbocycles. The van der Waals surface area contributed by atoms with E-state index in [0.717, 1.165) is 44.5 Å². The van der Waals surface area contributed by atoms with E-state index in [1.54, 1.807) is 6.07 Å². The van der Waals surface area contributed by atoms with Crippen LogP contribution in [0.1, 0.15) is 42.4 Å². The number of fused-ring (bicyclic) bond motifs is 1. The number of hydrogen-bond acceptors (Lipinski definition) is 4. The van der Waals surface area contributed by atoms with Gasteiger partial charge >= 0.3 is 0 Å². The molecule has 1 spiro atoms. The van der Waals surface area contributed by atoms with Gasteiger partial charge in [-0.15, -0.1) is 0 Å². The molecule has 0 aliphatic carbocycles. The fraction of sp³-hybridized carbons (Fsp3) is 0.474. The lowest BCUT2D eigenvalue weighted by molar-refractivity contribution is -0.0522. The number of aryl methyl sites for hydroxylation is 1. The molecule has 24 heavy (non-hydrogen) atoms. The Morgan fingerprint density at radius 2 is 2.04 bits per heavy atom. The zero-order valence-electron chi connectivity index (χ0n) is 14.2. The van der Waals surface area contributed by atoms with Crippen LogP contribution in [-0.2, 0) is 4.74 Å². The van der Waals surface area contributed by atoms with Crippen LogP contribution in [0, 0.1) is 6.92 Å². The molecule has 1 amide bonds. The number of nitrogens with zero attached hydrogens (tertiary/aromatic N) is 2. The lowest BCUT2D eigenvalue weighted by Crippen LogP contribution is -2.48. The number of hydrogen-bond donors (Lipinski definition) is 0. The van der Waals surface area contributed by atoms with E-state index < -0.39 is 0 Å². The number of rotatable bonds is 1. The summed E-state index contributed by atoms with van der Waals surface area (Å²) in [5.74, 6) is 0.670. The highest BCUT2D eigenvalue weighted by molar-refractivity contribution is 5.97. The molecule has 5 nitrogen and oxygen atoms in total. The number of aromatic nitrogens is 1. The molecular weight excluding hydrogens is 304 g/mol. The topological polar surface area (TPSA) is 55.6 Å². The molecule has 126 valence electrons. The second kappa shape index (κ2) is 5.74. The van der Waals surface area contributed by atoms with Crippen LogP contribution >= 0.6 is 0 Å². The molecule has 5 heteroatoms. The third kappa shape index (κ3) is 2.73. The summed E-state index contributed by atoms with van der Waals surface area (Å²) in [4.78, 5) is 19.0. The monoisotopic (exact) mass is 326 g/mol. The van der Waals surface area contributed by atoms with Gasteiger partial charge in [0.1, 0.15) is 5.52 Å². The van der Waals surface area contributed by atoms with E-state index in [4.69, 9.17) is 9.15 Å². The number of likely N-dealkylation sites (tertiary alicyclic amines) is 1. The summed E-state index contributed by atoms with van der Waals surface area (Å²) in [5, 5.41) is 0. The summed E-state index contributed by atoms with van der Waals surface area (Å²) in [7, 11) is 0. The van der Waals surface area contributed by atoms with Crippen molar-refractivity contribution in [3.8, 4) is 0 Å². The van der Waals surface area contributed by atoms with Crippen molar-refractivity contribution in [2.45, 2.75) is 38.7 Å². The molecule has 4 rings (SSSR count). The van der Waals surface area contributed by atoms with Gasteiger partial charge in [-0.2, -0.15) is 0 Å². The molecule has 0 N–H and O–H groups in total. The summed E-state index contributed by atoms with van der Waals surface area (Å²) in [6.07, 6.45) is 5.00. The normalized spacial score (nSPS) is 20.4. The maximum absolute atomic E-state index is 12.8. The molecule has 1 aromatic heterocycles. The smallest absolute Gasteiger partial charge is 0.253 e. The van der Waals surface area contributed by atoms with Crippen LogP contribution in [0.3, 0.4) is 0 Å². The highest BCUT2D eigenvalue weighted by atomic mass is 16.5. The first kappa shape index (κ1) is 15.4. The summed E-state index contributed by atoms with van der Waals surface area (Å²) >= 11 is 0. The highest BCUT2D eigenvalue weighted by Gasteiger charge is 2.36. The van der Waals surface area contributed by atoms with Crippen molar-refractivity contribution < 1.29 is 13.9 Å². The van der Waals surface area contributed by atoms with Gasteiger partial charge in [0.05, 0.1) is 12.2 Å². The number of ether oxygens (including phenoxy) is 1. The lowest BCUT2D eigenvalue weighted by Gasteiger charge is -2.42. The van der Waals surface area contributed by atoms with Crippen molar-refractivity contribution >= 4 is 17.0 Å². The predicted molar refractivity (Wildman–Crippen MR) is 90.9 cm³/mol. The maximum Gasteiger partial charge on any atom is 0.253 e. The van der Waals surface area contributed by atoms with Crippen LogP contribution in [0.5, 0.6) is 0 Å². The van der Waals surface area contributed by atoms with Gasteiger partial charge in [-0.25, -0.2) is 4.98 Å². The molecule has 0 bridgehead atoms. The first-order valence-electron chi connectivity index (χ1n) is 8.53. The largest absolute Gasteiger partial charge is 0.441 e. The van der Waals surface area contributed by atoms with Crippen molar-refractivity contribution in [2.75, 3.05) is 19.7 Å². The van der Waals surface area contributed by atoms with Crippen molar-refractivity contribution in [2.24, 2.45) is 0 Å². The van der Waals surface area contributed by atoms with E-state index in [-0.39, 0.29) is 11.5 Å². The summed E-state index contributed by atoms with van der Waals surface area (Å²) in [6.45, 7) is 6.20. The van der Waals surface area contributed by atoms with Crippen LogP contribution < -0.4 is 0 Å². The first-order chi connectivity index (χ1) is 11.5. The van der Waals surface area contributed by atoms with E-state index in [2.05, 4.69) is 18.0 Å². The average molecular weight is 326 g/mol. The Labute approximate surface area is 141 Å². The van der Waals surface area contributed by atoms with Gasteiger partial charge in [0.2, 0.25) is 0 Å². The van der Waals surface area contributed by atoms with Crippen molar-refractivity contribution in [3.63, 3.8) is 0 Å². The predicted octanol–water partition coefficient (Wildman–Crippen LogP) is 3.48. The van der Waals surface area contributed by atoms with Crippen LogP contribution in [0.4, 0.5) is 0 Å². The zero-order valence-corrected chi connectivity index (χ0v) is 14.2. The Morgan fingerprint density at radius 3 is 2.79 bits per heavy atom. The Hall–Kier alpha value is -2.14. The second-order valence-electron chi connectivity index (χ2n) is 6.86. The van der Waals surface area contributed by atoms with Crippen molar-refractivity contribution in [3.05, 3.63) is 41.3 Å². The maximum atomic E-state index is 12.8. The molecule has 2 aromatic rings. The van der Waals surface area contributed by atoms with Gasteiger partial charge in [0.15, 0.2) is 11.5 Å². The van der Waals surface area contributed by atoms with Gasteiger partial charge in [0.25, 0.3) is 5.91 Å². The van der Waals surface area contributed by atoms with Crippen LogP contribution in [0.2, 0.25) is 0 Å². The first-order valence-corrected chi connectivity index (χ1v) is 8.53. The van der Waals surface area contributed by atoms with Crippen LogP contribution in [0.15, 0.2) is 34.3 Å². The minimum Gasteiger partial charge on any atom is -0.441 e. The highest BCUT2D eigenvalue weighted by Crippen LogP contribution is 2.33. The van der Waals surface area contributed by atoms with Gasteiger partial charge in [-0.1, -0.05) is 11.6 Å². The molecule has 0 unspecified atom stereocenters. The molecule has 2 aliphatic rings. The van der Waals surface area contributed by atoms with Gasteiger partial charge in [-0.3, -0.25) is 4.79 Å². The lowest BCUT2D eigenvalue weighted by atomic mass is 9.87. The number of carbonyl (C=O) groups excluding carboxylic acids is 1. The van der Waals surface area contributed by atoms with E-state index in [1.165, 1.54) is 5.57 Å². The third-order valence-corrected chi connectivity index (χ3v) is 5.03. The zero-order chi connectivity index (χ0) is 16.7. The molecule has 2 aliphatic heterocycles. The van der Waals surface area contributed by atoms with Crippen LogP contribution in [-0.4, -0.2) is 41.1 Å². The molecule has 0 atom stereocenters. The van der Waals surface area contributed by atoms with Crippen molar-refractivity contribution in [1.29, 1.82) is 0 Å². The number of piperidine rings is 1. The number of amides is 1. The molecule has 3 heterocycles. The quantitative estimate of drug-likeness (QED) is 0.753. The Bertz CT molecular complexity index is 813. The van der Waals surface area contributed by atoms with Gasteiger partial charge < -0.3 is 14.1 Å². The Kier molecular flexibility index (Phi) is 3.68. The Balaban J connectivity index is 1.50. The number of benzene rings is 1. The molecule has 0 radical (unpaired) electrons. The SMILES string of the molecule is CC1=CC2(CCN(C(=O)c3ccc4nc(C)oc4c3)CC2)OCC1.